The average molecular weight is 264 g/mol. The Bertz CT molecular complexity index is 437. The first kappa shape index (κ1) is 15.9. The minimum atomic E-state index is 0.132. The van der Waals surface area contributed by atoms with Gasteiger partial charge in [0.25, 0.3) is 5.56 Å². The second kappa shape index (κ2) is 8.13. The lowest BCUT2D eigenvalue weighted by Crippen LogP contribution is -2.29. The summed E-state index contributed by atoms with van der Waals surface area (Å²) in [6, 6.07) is 0.307. The lowest BCUT2D eigenvalue weighted by atomic mass is 10.0. The van der Waals surface area contributed by atoms with Crippen LogP contribution in [0.15, 0.2) is 11.0 Å². The summed E-state index contributed by atoms with van der Waals surface area (Å²) in [4.78, 5) is 16.6. The van der Waals surface area contributed by atoms with Gasteiger partial charge >= 0.3 is 0 Å². The highest BCUT2D eigenvalue weighted by atomic mass is 16.1. The van der Waals surface area contributed by atoms with Crippen LogP contribution < -0.4 is 5.56 Å². The van der Waals surface area contributed by atoms with Gasteiger partial charge in [0.15, 0.2) is 0 Å². The van der Waals surface area contributed by atoms with Gasteiger partial charge in [-0.05, 0) is 26.7 Å². The van der Waals surface area contributed by atoms with E-state index in [-0.39, 0.29) is 5.56 Å². The van der Waals surface area contributed by atoms with Gasteiger partial charge in [-0.1, -0.05) is 46.0 Å². The zero-order chi connectivity index (χ0) is 14.3. The van der Waals surface area contributed by atoms with Gasteiger partial charge in [0.1, 0.15) is 5.82 Å². The molecule has 19 heavy (non-hydrogen) atoms. The second-order valence-electron chi connectivity index (χ2n) is 5.43. The third-order valence-electron chi connectivity index (χ3n) is 3.83. The van der Waals surface area contributed by atoms with E-state index in [4.69, 9.17) is 0 Å². The summed E-state index contributed by atoms with van der Waals surface area (Å²) in [5.74, 6) is 0.844. The summed E-state index contributed by atoms with van der Waals surface area (Å²) in [5, 5.41) is 0. The van der Waals surface area contributed by atoms with Crippen LogP contribution >= 0.6 is 0 Å². The predicted octanol–water partition coefficient (Wildman–Crippen LogP) is 4.17. The molecule has 1 rings (SSSR count). The van der Waals surface area contributed by atoms with Crippen LogP contribution in [0.2, 0.25) is 0 Å². The molecule has 0 aliphatic carbocycles. The van der Waals surface area contributed by atoms with Crippen LogP contribution in [0.5, 0.6) is 0 Å². The summed E-state index contributed by atoms with van der Waals surface area (Å²) < 4.78 is 1.90. The first-order chi connectivity index (χ1) is 9.11. The molecule has 0 saturated carbocycles. The van der Waals surface area contributed by atoms with E-state index < -0.39 is 0 Å². The van der Waals surface area contributed by atoms with Gasteiger partial charge in [-0.2, -0.15) is 0 Å². The van der Waals surface area contributed by atoms with Crippen molar-refractivity contribution in [1.29, 1.82) is 0 Å². The lowest BCUT2D eigenvalue weighted by Gasteiger charge is -2.20. The molecule has 0 fully saturated rings. The van der Waals surface area contributed by atoms with Crippen molar-refractivity contribution in [2.45, 2.75) is 78.7 Å². The Morgan fingerprint density at radius 3 is 2.47 bits per heavy atom. The minimum absolute atomic E-state index is 0.132. The Morgan fingerprint density at radius 2 is 1.84 bits per heavy atom. The number of rotatable bonds is 8. The Kier molecular flexibility index (Phi) is 6.82. The zero-order valence-corrected chi connectivity index (χ0v) is 12.9. The molecule has 1 aromatic heterocycles. The molecule has 1 atom stereocenters. The fourth-order valence-corrected chi connectivity index (χ4v) is 2.57. The van der Waals surface area contributed by atoms with Crippen LogP contribution in [0.1, 0.15) is 76.2 Å². The van der Waals surface area contributed by atoms with Crippen LogP contribution in [0.25, 0.3) is 0 Å². The quantitative estimate of drug-likeness (QED) is 0.660. The predicted molar refractivity (Wildman–Crippen MR) is 80.7 cm³/mol. The van der Waals surface area contributed by atoms with Crippen molar-refractivity contribution in [3.63, 3.8) is 0 Å². The molecule has 1 unspecified atom stereocenters. The molecule has 0 N–H and O–H groups in total. The van der Waals surface area contributed by atoms with Crippen LogP contribution in [-0.2, 0) is 0 Å². The summed E-state index contributed by atoms with van der Waals surface area (Å²) in [6.07, 6.45) is 10.2. The van der Waals surface area contributed by atoms with Crippen molar-refractivity contribution < 1.29 is 0 Å². The third kappa shape index (κ3) is 4.48. The van der Waals surface area contributed by atoms with Crippen molar-refractivity contribution >= 4 is 0 Å². The van der Waals surface area contributed by atoms with Crippen molar-refractivity contribution in [1.82, 2.24) is 9.55 Å². The Labute approximate surface area is 117 Å². The van der Waals surface area contributed by atoms with E-state index in [1.807, 2.05) is 18.4 Å². The number of hydrogen-bond donors (Lipinski definition) is 0. The molecule has 0 spiro atoms. The van der Waals surface area contributed by atoms with Crippen molar-refractivity contribution in [3.05, 3.63) is 27.9 Å². The molecule has 3 heteroatoms. The number of hydrogen-bond acceptors (Lipinski definition) is 2. The standard InChI is InChI=1S/C16H28N2O/c1-5-7-8-9-10-11-15(6-2)18-14(4)17-12-13(3)16(18)19/h12,15H,5-11H2,1-4H3. The van der Waals surface area contributed by atoms with Gasteiger partial charge in [0.2, 0.25) is 0 Å². The highest BCUT2D eigenvalue weighted by Crippen LogP contribution is 2.19. The summed E-state index contributed by atoms with van der Waals surface area (Å²) >= 11 is 0. The molecule has 108 valence electrons. The van der Waals surface area contributed by atoms with Crippen molar-refractivity contribution in [2.24, 2.45) is 0 Å². The zero-order valence-electron chi connectivity index (χ0n) is 12.9. The molecule has 0 aromatic carbocycles. The van der Waals surface area contributed by atoms with E-state index in [0.29, 0.717) is 6.04 Å². The Balaban J connectivity index is 2.70. The lowest BCUT2D eigenvalue weighted by molar-refractivity contribution is 0.403. The smallest absolute Gasteiger partial charge is 0.256 e. The van der Waals surface area contributed by atoms with Gasteiger partial charge in [-0.25, -0.2) is 4.98 Å². The number of nitrogens with zero attached hydrogens (tertiary/aromatic N) is 2. The second-order valence-corrected chi connectivity index (χ2v) is 5.43. The van der Waals surface area contributed by atoms with Crippen LogP contribution in [-0.4, -0.2) is 9.55 Å². The van der Waals surface area contributed by atoms with Gasteiger partial charge < -0.3 is 0 Å². The van der Waals surface area contributed by atoms with Crippen molar-refractivity contribution in [3.8, 4) is 0 Å². The van der Waals surface area contributed by atoms with E-state index in [0.717, 1.165) is 24.2 Å². The maximum atomic E-state index is 12.2. The van der Waals surface area contributed by atoms with Crippen LogP contribution in [0.4, 0.5) is 0 Å². The van der Waals surface area contributed by atoms with E-state index in [9.17, 15) is 4.79 Å². The third-order valence-corrected chi connectivity index (χ3v) is 3.83. The Morgan fingerprint density at radius 1 is 1.16 bits per heavy atom. The van der Waals surface area contributed by atoms with E-state index in [1.165, 1.54) is 32.1 Å². The molecule has 0 aliphatic heterocycles. The Hall–Kier alpha value is -1.12. The fourth-order valence-electron chi connectivity index (χ4n) is 2.57. The molecule has 3 nitrogen and oxygen atoms in total. The van der Waals surface area contributed by atoms with Crippen molar-refractivity contribution in [2.75, 3.05) is 0 Å². The minimum Gasteiger partial charge on any atom is -0.294 e. The van der Waals surface area contributed by atoms with Gasteiger partial charge in [0, 0.05) is 17.8 Å². The first-order valence-electron chi connectivity index (χ1n) is 7.66. The largest absolute Gasteiger partial charge is 0.294 e. The molecule has 0 aliphatic rings. The SMILES string of the molecule is CCCCCCCC(CC)n1c(C)ncc(C)c1=O. The molecular formula is C16H28N2O. The summed E-state index contributed by atoms with van der Waals surface area (Å²) in [6.45, 7) is 8.17. The van der Waals surface area contributed by atoms with Crippen LogP contribution in [0, 0.1) is 13.8 Å². The van der Waals surface area contributed by atoms with E-state index in [1.54, 1.807) is 6.20 Å². The fraction of sp³-hybridized carbons (Fsp3) is 0.750. The summed E-state index contributed by atoms with van der Waals surface area (Å²) in [7, 11) is 0. The highest BCUT2D eigenvalue weighted by molar-refractivity contribution is 5.05. The van der Waals surface area contributed by atoms with Gasteiger partial charge in [-0.3, -0.25) is 9.36 Å². The number of aryl methyl sites for hydroxylation is 2. The molecule has 0 saturated heterocycles. The molecular weight excluding hydrogens is 236 g/mol. The van der Waals surface area contributed by atoms with E-state index in [2.05, 4.69) is 18.8 Å². The topological polar surface area (TPSA) is 34.9 Å². The molecule has 1 aromatic rings. The van der Waals surface area contributed by atoms with Crippen LogP contribution in [0.3, 0.4) is 0 Å². The first-order valence-corrected chi connectivity index (χ1v) is 7.66. The average Bonchev–Trinajstić information content (AvgIpc) is 2.41. The molecule has 0 radical (unpaired) electrons. The van der Waals surface area contributed by atoms with Gasteiger partial charge in [0.05, 0.1) is 0 Å². The molecule has 1 heterocycles. The normalized spacial score (nSPS) is 12.6. The highest BCUT2D eigenvalue weighted by Gasteiger charge is 2.14. The van der Waals surface area contributed by atoms with E-state index >= 15 is 0 Å². The monoisotopic (exact) mass is 264 g/mol. The number of aromatic nitrogens is 2. The maximum Gasteiger partial charge on any atom is 0.256 e. The summed E-state index contributed by atoms with van der Waals surface area (Å²) in [5.41, 5.74) is 0.878. The maximum absolute atomic E-state index is 12.2. The number of unbranched alkanes of at least 4 members (excludes halogenated alkanes) is 4. The van der Waals surface area contributed by atoms with Gasteiger partial charge in [-0.15, -0.1) is 0 Å². The molecule has 0 bridgehead atoms. The molecule has 0 amide bonds.